The van der Waals surface area contributed by atoms with Gasteiger partial charge >= 0.3 is 0 Å². The van der Waals surface area contributed by atoms with Crippen LogP contribution < -0.4 is 5.48 Å². The molecule has 3 heterocycles. The molecule has 2 amide bonds. The second-order valence-corrected chi connectivity index (χ2v) is 8.72. The Labute approximate surface area is 193 Å². The van der Waals surface area contributed by atoms with Gasteiger partial charge in [-0.2, -0.15) is 5.26 Å². The summed E-state index contributed by atoms with van der Waals surface area (Å²) in [6, 6.07) is 10.2. The summed E-state index contributed by atoms with van der Waals surface area (Å²) >= 11 is 0. The third-order valence-corrected chi connectivity index (χ3v) is 6.87. The van der Waals surface area contributed by atoms with Crippen molar-refractivity contribution in [2.45, 2.75) is 18.8 Å². The number of hydrogen-bond acceptors (Lipinski definition) is 6. The minimum atomic E-state index is -0.739. The summed E-state index contributed by atoms with van der Waals surface area (Å²) in [5.74, 6) is -1.13. The van der Waals surface area contributed by atoms with Crippen LogP contribution in [0.15, 0.2) is 35.3 Å². The van der Waals surface area contributed by atoms with Crippen LogP contribution >= 0.6 is 0 Å². The summed E-state index contributed by atoms with van der Waals surface area (Å²) in [4.78, 5) is 35.7. The predicted octanol–water partition coefficient (Wildman–Crippen LogP) is 0.615. The van der Waals surface area contributed by atoms with E-state index in [0.717, 1.165) is 6.42 Å². The van der Waals surface area contributed by atoms with Crippen molar-refractivity contribution < 1.29 is 19.5 Å². The van der Waals surface area contributed by atoms with Crippen LogP contribution in [0.5, 0.6) is 0 Å². The molecule has 1 aromatic rings. The number of guanidine groups is 1. The van der Waals surface area contributed by atoms with Gasteiger partial charge in [-0.05, 0) is 18.4 Å². The first-order valence-electron chi connectivity index (χ1n) is 11.4. The molecule has 0 spiro atoms. The summed E-state index contributed by atoms with van der Waals surface area (Å²) < 4.78 is 5.39. The smallest absolute Gasteiger partial charge is 0.249 e. The van der Waals surface area contributed by atoms with E-state index in [4.69, 9.17) is 4.74 Å². The van der Waals surface area contributed by atoms with Gasteiger partial charge in [-0.3, -0.25) is 14.8 Å². The Balaban J connectivity index is 1.47. The molecule has 10 heteroatoms. The Bertz CT molecular complexity index is 911. The maximum Gasteiger partial charge on any atom is 0.249 e. The molecule has 0 unspecified atom stereocenters. The van der Waals surface area contributed by atoms with Gasteiger partial charge in [-0.15, -0.1) is 4.99 Å². The number of nitrogens with zero attached hydrogens (tertiary/aromatic N) is 5. The summed E-state index contributed by atoms with van der Waals surface area (Å²) in [6.45, 7) is 4.27. The fourth-order valence-corrected chi connectivity index (χ4v) is 5.12. The van der Waals surface area contributed by atoms with Gasteiger partial charge in [-0.25, -0.2) is 5.48 Å². The van der Waals surface area contributed by atoms with E-state index in [9.17, 15) is 20.1 Å². The number of likely N-dealkylation sites (tertiary alicyclic amines) is 2. The highest BCUT2D eigenvalue weighted by atomic mass is 16.5. The minimum Gasteiger partial charge on any atom is -0.378 e. The molecule has 2 N–H and O–H groups in total. The molecule has 0 aliphatic carbocycles. The van der Waals surface area contributed by atoms with Crippen molar-refractivity contribution in [3.63, 3.8) is 0 Å². The number of rotatable bonds is 3. The lowest BCUT2D eigenvalue weighted by atomic mass is 9.83. The van der Waals surface area contributed by atoms with Crippen molar-refractivity contribution in [2.75, 3.05) is 52.5 Å². The van der Waals surface area contributed by atoms with Crippen LogP contribution in [0.1, 0.15) is 24.3 Å². The van der Waals surface area contributed by atoms with E-state index in [-0.39, 0.29) is 18.4 Å². The molecule has 0 radical (unpaired) electrons. The molecule has 4 rings (SSSR count). The van der Waals surface area contributed by atoms with Crippen LogP contribution in [0.3, 0.4) is 0 Å². The van der Waals surface area contributed by atoms with E-state index in [1.54, 1.807) is 5.48 Å². The topological polar surface area (TPSA) is 122 Å². The number of ether oxygens (including phenoxy) is 1. The number of amides is 2. The van der Waals surface area contributed by atoms with Gasteiger partial charge in [0.25, 0.3) is 0 Å². The number of carbonyl (C=O) groups is 2. The minimum absolute atomic E-state index is 0.0492. The van der Waals surface area contributed by atoms with Crippen LogP contribution in [0.25, 0.3) is 0 Å². The van der Waals surface area contributed by atoms with Crippen LogP contribution in [0, 0.1) is 23.3 Å². The molecule has 10 nitrogen and oxygen atoms in total. The van der Waals surface area contributed by atoms with Gasteiger partial charge in [-0.1, -0.05) is 30.3 Å². The molecule has 3 aliphatic rings. The molecular weight excluding hydrogens is 424 g/mol. The van der Waals surface area contributed by atoms with Crippen molar-refractivity contribution in [3.05, 3.63) is 35.9 Å². The molecule has 0 saturated carbocycles. The van der Waals surface area contributed by atoms with Crippen molar-refractivity contribution in [2.24, 2.45) is 16.8 Å². The van der Waals surface area contributed by atoms with Crippen molar-refractivity contribution in [3.8, 4) is 6.19 Å². The number of benzene rings is 1. The zero-order valence-electron chi connectivity index (χ0n) is 18.6. The normalized spacial score (nSPS) is 26.1. The summed E-state index contributed by atoms with van der Waals surface area (Å²) in [7, 11) is 0. The number of nitrogens with one attached hydrogen (secondary N) is 1. The maximum absolute atomic E-state index is 13.4. The van der Waals surface area contributed by atoms with E-state index >= 15 is 0 Å². The predicted molar refractivity (Wildman–Crippen MR) is 119 cm³/mol. The Hall–Kier alpha value is -3.16. The average molecular weight is 455 g/mol. The molecular formula is C23H30N6O4. The molecule has 0 aromatic heterocycles. The van der Waals surface area contributed by atoms with Crippen LogP contribution in [0.2, 0.25) is 0 Å². The first-order valence-corrected chi connectivity index (χ1v) is 11.4. The third kappa shape index (κ3) is 5.10. The molecule has 3 aliphatic heterocycles. The number of hydroxylamine groups is 1. The Morgan fingerprint density at radius 1 is 1.00 bits per heavy atom. The summed E-state index contributed by atoms with van der Waals surface area (Å²) in [5.41, 5.74) is 2.96. The number of nitriles is 1. The van der Waals surface area contributed by atoms with Crippen LogP contribution in [-0.4, -0.2) is 90.2 Å². The number of hydrogen-bond donors (Lipinski definition) is 2. The summed E-state index contributed by atoms with van der Waals surface area (Å²) in [6.07, 6.45) is 3.19. The molecule has 3 saturated heterocycles. The summed E-state index contributed by atoms with van der Waals surface area (Å²) in [5, 5.41) is 18.6. The molecule has 3 atom stereocenters. The van der Waals surface area contributed by atoms with E-state index in [2.05, 4.69) is 17.1 Å². The zero-order valence-corrected chi connectivity index (χ0v) is 18.6. The highest BCUT2D eigenvalue weighted by Crippen LogP contribution is 2.32. The number of aliphatic imine (C=N–C) groups is 1. The Kier molecular flexibility index (Phi) is 7.42. The Morgan fingerprint density at radius 2 is 1.73 bits per heavy atom. The van der Waals surface area contributed by atoms with Crippen LogP contribution in [-0.2, 0) is 14.3 Å². The number of morpholine rings is 1. The first kappa shape index (κ1) is 23.0. The fourth-order valence-electron chi connectivity index (χ4n) is 5.12. The SMILES string of the molecule is N#C/N=C(\N1CCOCC1)N1CC[C@H](C(=O)N2CC[C@H](c3ccccc3)C2)[C@@H](C(=O)NO)C1. The van der Waals surface area contributed by atoms with Gasteiger partial charge in [0.1, 0.15) is 0 Å². The third-order valence-electron chi connectivity index (χ3n) is 6.87. The second kappa shape index (κ2) is 10.6. The highest BCUT2D eigenvalue weighted by Gasteiger charge is 2.43. The quantitative estimate of drug-likeness (QED) is 0.226. The lowest BCUT2D eigenvalue weighted by Crippen LogP contribution is -2.57. The highest BCUT2D eigenvalue weighted by molar-refractivity contribution is 5.89. The van der Waals surface area contributed by atoms with Gasteiger partial charge in [0.05, 0.1) is 25.0 Å². The standard InChI is InChI=1S/C23H30N6O4/c24-16-25-23(27-10-12-33-13-11-27)29-9-7-19(20(15-29)21(30)26-32)22(31)28-8-6-18(14-28)17-4-2-1-3-5-17/h1-5,18-20,32H,6-15H2,(H,26,30)/b25-23+/t18-,19-,20-/m0/s1. The van der Waals surface area contributed by atoms with E-state index < -0.39 is 17.7 Å². The van der Waals surface area contributed by atoms with Crippen molar-refractivity contribution >= 4 is 17.8 Å². The van der Waals surface area contributed by atoms with E-state index in [1.165, 1.54) is 5.56 Å². The van der Waals surface area contributed by atoms with Gasteiger partial charge in [0.15, 0.2) is 0 Å². The van der Waals surface area contributed by atoms with E-state index in [1.807, 2.05) is 39.1 Å². The molecule has 0 bridgehead atoms. The Morgan fingerprint density at radius 3 is 2.42 bits per heavy atom. The molecule has 3 fully saturated rings. The molecule has 33 heavy (non-hydrogen) atoms. The van der Waals surface area contributed by atoms with Crippen molar-refractivity contribution in [1.82, 2.24) is 20.2 Å². The lowest BCUT2D eigenvalue weighted by Gasteiger charge is -2.42. The molecule has 176 valence electrons. The number of carbonyl (C=O) groups excluding carboxylic acids is 2. The van der Waals surface area contributed by atoms with Crippen LogP contribution in [0.4, 0.5) is 0 Å². The van der Waals surface area contributed by atoms with Gasteiger partial charge < -0.3 is 19.4 Å². The van der Waals surface area contributed by atoms with Gasteiger partial charge in [0.2, 0.25) is 24.0 Å². The zero-order chi connectivity index (χ0) is 23.2. The fraction of sp³-hybridized carbons (Fsp3) is 0.565. The second-order valence-electron chi connectivity index (χ2n) is 8.72. The molecule has 1 aromatic carbocycles. The maximum atomic E-state index is 13.4. The first-order chi connectivity index (χ1) is 16.1. The monoisotopic (exact) mass is 454 g/mol. The van der Waals surface area contributed by atoms with E-state index in [0.29, 0.717) is 58.3 Å². The average Bonchev–Trinajstić information content (AvgIpc) is 3.37. The number of piperidine rings is 1. The van der Waals surface area contributed by atoms with Crippen molar-refractivity contribution in [1.29, 1.82) is 5.26 Å². The van der Waals surface area contributed by atoms with Gasteiger partial charge in [0, 0.05) is 45.2 Å². The largest absolute Gasteiger partial charge is 0.378 e. The lowest BCUT2D eigenvalue weighted by molar-refractivity contribution is -0.147.